The molecule has 3 heterocycles. The molecule has 0 saturated heterocycles. The third-order valence-electron chi connectivity index (χ3n) is 3.84. The summed E-state index contributed by atoms with van der Waals surface area (Å²) in [6.07, 6.45) is 3.19. The fraction of sp³-hybridized carbons (Fsp3) is 0.263. The lowest BCUT2D eigenvalue weighted by Gasteiger charge is -2.11. The fourth-order valence-electron chi connectivity index (χ4n) is 2.55. The van der Waals surface area contributed by atoms with Gasteiger partial charge in [0.15, 0.2) is 0 Å². The highest BCUT2D eigenvalue weighted by Crippen LogP contribution is 2.16. The van der Waals surface area contributed by atoms with Crippen molar-refractivity contribution in [2.45, 2.75) is 20.4 Å². The van der Waals surface area contributed by atoms with Gasteiger partial charge in [0, 0.05) is 37.6 Å². The Bertz CT molecular complexity index is 1050. The van der Waals surface area contributed by atoms with E-state index in [0.717, 1.165) is 10.2 Å². The van der Waals surface area contributed by atoms with E-state index < -0.39 is 0 Å². The third-order valence-corrected chi connectivity index (χ3v) is 3.84. The van der Waals surface area contributed by atoms with Gasteiger partial charge in [0.05, 0.1) is 0 Å². The summed E-state index contributed by atoms with van der Waals surface area (Å²) in [6, 6.07) is 8.50. The second-order valence-corrected chi connectivity index (χ2v) is 6.33. The van der Waals surface area contributed by atoms with E-state index in [9.17, 15) is 9.59 Å². The van der Waals surface area contributed by atoms with Crippen LogP contribution in [0.2, 0.25) is 0 Å². The van der Waals surface area contributed by atoms with Crippen LogP contribution in [-0.4, -0.2) is 43.7 Å². The molecule has 0 aromatic carbocycles. The molecular formula is C19H22N8O2. The number of anilines is 3. The van der Waals surface area contributed by atoms with Crippen LogP contribution in [0.4, 0.5) is 17.5 Å². The molecule has 0 bridgehead atoms. The standard InChI is InChI=1S/C19H22N8O2/c1-13-5-7-20-15(10-13)26-17-11-16(24-14(2)25-17)21-8-9-22-18(28)12-27-19(29)4-3-6-23-27/h3-7,10-11H,8-9,12H2,1-2H3,(H,22,28)(H2,20,21,24,25,26). The first-order chi connectivity index (χ1) is 14.0. The summed E-state index contributed by atoms with van der Waals surface area (Å²) in [5, 5.41) is 12.9. The summed E-state index contributed by atoms with van der Waals surface area (Å²) in [5.41, 5.74) is 0.774. The first-order valence-corrected chi connectivity index (χ1v) is 9.08. The number of carbonyl (C=O) groups excluding carboxylic acids is 1. The molecule has 0 unspecified atom stereocenters. The van der Waals surface area contributed by atoms with Crippen LogP contribution < -0.4 is 21.5 Å². The SMILES string of the molecule is Cc1ccnc(Nc2cc(NCCNC(=O)Cn3ncccc3=O)nc(C)n2)c1. The number of amides is 1. The molecule has 10 heteroatoms. The van der Waals surface area contributed by atoms with Gasteiger partial charge >= 0.3 is 0 Å². The largest absolute Gasteiger partial charge is 0.368 e. The molecule has 10 nitrogen and oxygen atoms in total. The average molecular weight is 394 g/mol. The molecule has 150 valence electrons. The Morgan fingerprint density at radius 2 is 1.86 bits per heavy atom. The highest BCUT2D eigenvalue weighted by atomic mass is 16.2. The van der Waals surface area contributed by atoms with Crippen LogP contribution >= 0.6 is 0 Å². The van der Waals surface area contributed by atoms with Crippen molar-refractivity contribution in [1.82, 2.24) is 30.0 Å². The van der Waals surface area contributed by atoms with Crippen molar-refractivity contribution in [3.63, 3.8) is 0 Å². The second-order valence-electron chi connectivity index (χ2n) is 6.33. The molecule has 3 aromatic rings. The molecule has 3 N–H and O–H groups in total. The molecule has 0 aliphatic heterocycles. The summed E-state index contributed by atoms with van der Waals surface area (Å²) in [4.78, 5) is 36.5. The Kier molecular flexibility index (Phi) is 6.46. The summed E-state index contributed by atoms with van der Waals surface area (Å²) < 4.78 is 1.10. The first kappa shape index (κ1) is 19.9. The number of nitrogens with one attached hydrogen (secondary N) is 3. The van der Waals surface area contributed by atoms with Crippen molar-refractivity contribution in [3.8, 4) is 0 Å². The van der Waals surface area contributed by atoms with Crippen LogP contribution in [0, 0.1) is 13.8 Å². The molecule has 0 aliphatic carbocycles. The van der Waals surface area contributed by atoms with Crippen LogP contribution in [0.25, 0.3) is 0 Å². The van der Waals surface area contributed by atoms with Crippen LogP contribution in [0.15, 0.2) is 47.5 Å². The summed E-state index contributed by atoms with van der Waals surface area (Å²) in [7, 11) is 0. The number of rotatable bonds is 8. The maximum atomic E-state index is 11.9. The number of carbonyl (C=O) groups is 1. The van der Waals surface area contributed by atoms with E-state index in [1.165, 1.54) is 18.3 Å². The molecule has 0 fully saturated rings. The van der Waals surface area contributed by atoms with E-state index in [0.29, 0.717) is 36.4 Å². The van der Waals surface area contributed by atoms with Crippen molar-refractivity contribution in [2.75, 3.05) is 23.7 Å². The number of aryl methyl sites for hydroxylation is 2. The minimum Gasteiger partial charge on any atom is -0.368 e. The van der Waals surface area contributed by atoms with Gasteiger partial charge in [-0.3, -0.25) is 9.59 Å². The predicted octanol–water partition coefficient (Wildman–Crippen LogP) is 1.02. The van der Waals surface area contributed by atoms with Gasteiger partial charge in [-0.2, -0.15) is 5.10 Å². The van der Waals surface area contributed by atoms with E-state index in [1.807, 2.05) is 19.1 Å². The molecule has 29 heavy (non-hydrogen) atoms. The minimum atomic E-state index is -0.319. The number of hydrogen-bond acceptors (Lipinski definition) is 8. The first-order valence-electron chi connectivity index (χ1n) is 9.08. The molecule has 0 radical (unpaired) electrons. The Hall–Kier alpha value is -3.82. The van der Waals surface area contributed by atoms with Gasteiger partial charge in [0.2, 0.25) is 5.91 Å². The van der Waals surface area contributed by atoms with Gasteiger partial charge in [-0.15, -0.1) is 0 Å². The molecule has 0 atom stereocenters. The highest BCUT2D eigenvalue weighted by molar-refractivity contribution is 5.75. The molecule has 0 spiro atoms. The van der Waals surface area contributed by atoms with Crippen molar-refractivity contribution >= 4 is 23.4 Å². The summed E-state index contributed by atoms with van der Waals surface area (Å²) >= 11 is 0. The van der Waals surface area contributed by atoms with Gasteiger partial charge in [-0.1, -0.05) is 0 Å². The molecular weight excluding hydrogens is 372 g/mol. The Morgan fingerprint density at radius 3 is 2.66 bits per heavy atom. The zero-order chi connectivity index (χ0) is 20.6. The Balaban J connectivity index is 1.50. The van der Waals surface area contributed by atoms with Crippen molar-refractivity contribution in [1.29, 1.82) is 0 Å². The maximum absolute atomic E-state index is 11.9. The Morgan fingerprint density at radius 1 is 1.03 bits per heavy atom. The Labute approximate surface area is 167 Å². The van der Waals surface area contributed by atoms with E-state index in [-0.39, 0.29) is 18.0 Å². The molecule has 0 saturated carbocycles. The molecule has 3 rings (SSSR count). The quantitative estimate of drug-likeness (QED) is 0.483. The monoisotopic (exact) mass is 394 g/mol. The number of pyridine rings is 1. The normalized spacial score (nSPS) is 10.4. The second kappa shape index (κ2) is 9.40. The smallest absolute Gasteiger partial charge is 0.267 e. The molecule has 0 aliphatic rings. The number of aromatic nitrogens is 5. The lowest BCUT2D eigenvalue weighted by molar-refractivity contribution is -0.121. The van der Waals surface area contributed by atoms with Crippen molar-refractivity contribution in [2.24, 2.45) is 0 Å². The predicted molar refractivity (Wildman–Crippen MR) is 109 cm³/mol. The van der Waals surface area contributed by atoms with Gasteiger partial charge in [-0.25, -0.2) is 19.6 Å². The topological polar surface area (TPSA) is 127 Å². The van der Waals surface area contributed by atoms with E-state index in [2.05, 4.69) is 36.0 Å². The van der Waals surface area contributed by atoms with Crippen LogP contribution in [0.1, 0.15) is 11.4 Å². The van der Waals surface area contributed by atoms with Gasteiger partial charge < -0.3 is 16.0 Å². The number of nitrogens with zero attached hydrogens (tertiary/aromatic N) is 5. The van der Waals surface area contributed by atoms with E-state index >= 15 is 0 Å². The van der Waals surface area contributed by atoms with Gasteiger partial charge in [-0.05, 0) is 37.6 Å². The van der Waals surface area contributed by atoms with Crippen molar-refractivity contribution in [3.05, 3.63) is 64.5 Å². The van der Waals surface area contributed by atoms with Crippen LogP contribution in [0.5, 0.6) is 0 Å². The minimum absolute atomic E-state index is 0.121. The lowest BCUT2D eigenvalue weighted by atomic mass is 10.3. The van der Waals surface area contributed by atoms with Gasteiger partial charge in [0.25, 0.3) is 5.56 Å². The zero-order valence-corrected chi connectivity index (χ0v) is 16.2. The summed E-state index contributed by atoms with van der Waals surface area (Å²) in [5.74, 6) is 2.26. The molecule has 1 amide bonds. The maximum Gasteiger partial charge on any atom is 0.267 e. The average Bonchev–Trinajstić information content (AvgIpc) is 2.67. The van der Waals surface area contributed by atoms with Crippen LogP contribution in [0.3, 0.4) is 0 Å². The molecule has 3 aromatic heterocycles. The van der Waals surface area contributed by atoms with Crippen LogP contribution in [-0.2, 0) is 11.3 Å². The number of hydrogen-bond donors (Lipinski definition) is 3. The summed E-state index contributed by atoms with van der Waals surface area (Å²) in [6.45, 7) is 4.49. The lowest BCUT2D eigenvalue weighted by Crippen LogP contribution is -2.35. The zero-order valence-electron chi connectivity index (χ0n) is 16.2. The van der Waals surface area contributed by atoms with Gasteiger partial charge in [0.1, 0.15) is 29.8 Å². The highest BCUT2D eigenvalue weighted by Gasteiger charge is 2.06. The van der Waals surface area contributed by atoms with E-state index in [4.69, 9.17) is 0 Å². The van der Waals surface area contributed by atoms with E-state index in [1.54, 1.807) is 19.2 Å². The van der Waals surface area contributed by atoms with Crippen molar-refractivity contribution < 1.29 is 4.79 Å². The third kappa shape index (κ3) is 6.09. The fourth-order valence-corrected chi connectivity index (χ4v) is 2.55.